The third-order valence-electron chi connectivity index (χ3n) is 4.94. The summed E-state index contributed by atoms with van der Waals surface area (Å²) in [4.78, 5) is 29.4. The molecule has 7 nitrogen and oxygen atoms in total. The summed E-state index contributed by atoms with van der Waals surface area (Å²) >= 11 is 0. The first kappa shape index (κ1) is 18.7. The fourth-order valence-corrected chi connectivity index (χ4v) is 3.64. The van der Waals surface area contributed by atoms with Crippen molar-refractivity contribution in [1.82, 2.24) is 20.4 Å². The average Bonchev–Trinajstić information content (AvgIpc) is 3.12. The second-order valence-electron chi connectivity index (χ2n) is 7.28. The van der Waals surface area contributed by atoms with Crippen LogP contribution in [0.5, 0.6) is 0 Å². The van der Waals surface area contributed by atoms with E-state index in [0.717, 1.165) is 45.7 Å². The van der Waals surface area contributed by atoms with Crippen molar-refractivity contribution in [2.75, 3.05) is 44.6 Å². The molecule has 3 N–H and O–H groups in total. The number of nitrogens with one attached hydrogen (secondary N) is 3. The van der Waals surface area contributed by atoms with Gasteiger partial charge in [0, 0.05) is 51.4 Å². The zero-order chi connectivity index (χ0) is 18.5. The normalized spacial score (nSPS) is 21.0. The Balaban J connectivity index is 1.65. The Morgan fingerprint density at radius 2 is 1.88 bits per heavy atom. The van der Waals surface area contributed by atoms with Gasteiger partial charge in [0.05, 0.1) is 11.3 Å². The van der Waals surface area contributed by atoms with E-state index in [1.165, 1.54) is 0 Å². The van der Waals surface area contributed by atoms with Crippen molar-refractivity contribution in [1.29, 1.82) is 0 Å². The predicted molar refractivity (Wildman–Crippen MR) is 102 cm³/mol. The van der Waals surface area contributed by atoms with Gasteiger partial charge in [0.1, 0.15) is 0 Å². The van der Waals surface area contributed by atoms with E-state index >= 15 is 0 Å². The van der Waals surface area contributed by atoms with Crippen LogP contribution in [0.3, 0.4) is 0 Å². The summed E-state index contributed by atoms with van der Waals surface area (Å²) in [5.41, 5.74) is 1.11. The summed E-state index contributed by atoms with van der Waals surface area (Å²) in [5, 5.41) is 8.96. The number of nitrogens with zero attached hydrogens (tertiary/aromatic N) is 2. The summed E-state index contributed by atoms with van der Waals surface area (Å²) in [6.45, 7) is 9.43. The molecular formula is C19H29N5O2. The van der Waals surface area contributed by atoms with E-state index < -0.39 is 0 Å². The van der Waals surface area contributed by atoms with Gasteiger partial charge in [0.15, 0.2) is 0 Å². The molecule has 0 aliphatic carbocycles. The number of likely N-dealkylation sites (tertiary alicyclic amines) is 1. The number of hydrogen-bond donors (Lipinski definition) is 3. The van der Waals surface area contributed by atoms with Gasteiger partial charge in [0.2, 0.25) is 0 Å². The summed E-state index contributed by atoms with van der Waals surface area (Å²) in [6, 6.07) is 7.41. The lowest BCUT2D eigenvalue weighted by Gasteiger charge is -2.32. The molecule has 2 aliphatic rings. The standard InChI is InChI=1S/C19H29N5O2/c1-14(2)21-19(26)22-17-6-4-3-5-16(17)18(25)24-10-7-15(13-24)23-11-8-20-9-12-23/h3-6,14-15,20H,7-13H2,1-2H3,(H2,21,22,26). The average molecular weight is 359 g/mol. The molecule has 1 aromatic rings. The van der Waals surface area contributed by atoms with Crippen LogP contribution in [-0.2, 0) is 0 Å². The van der Waals surface area contributed by atoms with Crippen molar-refractivity contribution in [3.63, 3.8) is 0 Å². The van der Waals surface area contributed by atoms with E-state index in [1.54, 1.807) is 12.1 Å². The topological polar surface area (TPSA) is 76.7 Å². The van der Waals surface area contributed by atoms with Crippen molar-refractivity contribution in [3.8, 4) is 0 Å². The minimum atomic E-state index is -0.291. The van der Waals surface area contributed by atoms with Gasteiger partial charge in [-0.05, 0) is 32.4 Å². The zero-order valence-corrected chi connectivity index (χ0v) is 15.6. The van der Waals surface area contributed by atoms with Gasteiger partial charge in [-0.3, -0.25) is 9.69 Å². The van der Waals surface area contributed by atoms with Crippen LogP contribution in [0, 0.1) is 0 Å². The molecule has 0 aromatic heterocycles. The molecular weight excluding hydrogens is 330 g/mol. The minimum Gasteiger partial charge on any atom is -0.337 e. The van der Waals surface area contributed by atoms with Gasteiger partial charge in [-0.25, -0.2) is 4.79 Å². The summed E-state index contributed by atoms with van der Waals surface area (Å²) in [7, 11) is 0. The Morgan fingerprint density at radius 3 is 2.62 bits per heavy atom. The zero-order valence-electron chi connectivity index (χ0n) is 15.6. The monoisotopic (exact) mass is 359 g/mol. The van der Waals surface area contributed by atoms with Crippen LogP contribution in [0.1, 0.15) is 30.6 Å². The molecule has 2 aliphatic heterocycles. The number of carbonyl (C=O) groups is 2. The third kappa shape index (κ3) is 4.53. The number of urea groups is 1. The van der Waals surface area contributed by atoms with Gasteiger partial charge in [-0.1, -0.05) is 12.1 Å². The van der Waals surface area contributed by atoms with Crippen LogP contribution >= 0.6 is 0 Å². The lowest BCUT2D eigenvalue weighted by atomic mass is 10.1. The van der Waals surface area contributed by atoms with Crippen LogP contribution in [0.25, 0.3) is 0 Å². The molecule has 2 saturated heterocycles. The molecule has 3 rings (SSSR count). The SMILES string of the molecule is CC(C)NC(=O)Nc1ccccc1C(=O)N1CCC(N2CCNCC2)C1. The maximum absolute atomic E-state index is 13.0. The first-order valence-corrected chi connectivity index (χ1v) is 9.45. The highest BCUT2D eigenvalue weighted by atomic mass is 16.2. The number of hydrogen-bond acceptors (Lipinski definition) is 4. The number of para-hydroxylation sites is 1. The van der Waals surface area contributed by atoms with Crippen molar-refractivity contribution >= 4 is 17.6 Å². The van der Waals surface area contributed by atoms with Crippen LogP contribution < -0.4 is 16.0 Å². The number of carbonyl (C=O) groups excluding carboxylic acids is 2. The third-order valence-corrected chi connectivity index (χ3v) is 4.94. The van der Waals surface area contributed by atoms with Gasteiger partial charge in [-0.15, -0.1) is 0 Å². The smallest absolute Gasteiger partial charge is 0.319 e. The second-order valence-corrected chi connectivity index (χ2v) is 7.28. The van der Waals surface area contributed by atoms with Crippen LogP contribution in [-0.4, -0.2) is 73.1 Å². The largest absolute Gasteiger partial charge is 0.337 e. The molecule has 0 saturated carbocycles. The van der Waals surface area contributed by atoms with Gasteiger partial charge in [0.25, 0.3) is 5.91 Å². The Hall–Kier alpha value is -2.12. The maximum Gasteiger partial charge on any atom is 0.319 e. The van der Waals surface area contributed by atoms with E-state index in [-0.39, 0.29) is 18.0 Å². The maximum atomic E-state index is 13.0. The van der Waals surface area contributed by atoms with Crippen molar-refractivity contribution < 1.29 is 9.59 Å². The Bertz CT molecular complexity index is 643. The highest BCUT2D eigenvalue weighted by Gasteiger charge is 2.32. The second kappa shape index (κ2) is 8.51. The summed E-state index contributed by atoms with van der Waals surface area (Å²) < 4.78 is 0. The highest BCUT2D eigenvalue weighted by Crippen LogP contribution is 2.22. The number of amides is 3. The van der Waals surface area contributed by atoms with Crippen LogP contribution in [0.15, 0.2) is 24.3 Å². The van der Waals surface area contributed by atoms with Gasteiger partial charge < -0.3 is 20.9 Å². The van der Waals surface area contributed by atoms with E-state index in [2.05, 4.69) is 20.9 Å². The molecule has 0 bridgehead atoms. The van der Waals surface area contributed by atoms with E-state index in [0.29, 0.717) is 17.3 Å². The van der Waals surface area contributed by atoms with Crippen molar-refractivity contribution in [3.05, 3.63) is 29.8 Å². The minimum absolute atomic E-state index is 0.0110. The molecule has 1 aromatic carbocycles. The van der Waals surface area contributed by atoms with Crippen LogP contribution in [0.4, 0.5) is 10.5 Å². The molecule has 3 amide bonds. The Labute approximate surface area is 155 Å². The first-order valence-electron chi connectivity index (χ1n) is 9.45. The molecule has 2 fully saturated rings. The van der Waals surface area contributed by atoms with E-state index in [9.17, 15) is 9.59 Å². The molecule has 7 heteroatoms. The molecule has 0 spiro atoms. The van der Waals surface area contributed by atoms with Crippen LogP contribution in [0.2, 0.25) is 0 Å². The van der Waals surface area contributed by atoms with Crippen molar-refractivity contribution in [2.45, 2.75) is 32.4 Å². The molecule has 1 unspecified atom stereocenters. The fourth-order valence-electron chi connectivity index (χ4n) is 3.64. The number of benzene rings is 1. The van der Waals surface area contributed by atoms with Gasteiger partial charge in [-0.2, -0.15) is 0 Å². The Kier molecular flexibility index (Phi) is 6.11. The number of anilines is 1. The highest BCUT2D eigenvalue weighted by molar-refractivity contribution is 6.03. The quantitative estimate of drug-likeness (QED) is 0.758. The molecule has 2 heterocycles. The molecule has 0 radical (unpaired) electrons. The van der Waals surface area contributed by atoms with Crippen molar-refractivity contribution in [2.24, 2.45) is 0 Å². The number of piperazine rings is 1. The lowest BCUT2D eigenvalue weighted by Crippen LogP contribution is -2.49. The number of rotatable bonds is 4. The molecule has 142 valence electrons. The summed E-state index contributed by atoms with van der Waals surface area (Å²) in [6.07, 6.45) is 1.01. The van der Waals surface area contributed by atoms with E-state index in [4.69, 9.17) is 0 Å². The Morgan fingerprint density at radius 1 is 1.15 bits per heavy atom. The van der Waals surface area contributed by atoms with Gasteiger partial charge >= 0.3 is 6.03 Å². The predicted octanol–water partition coefficient (Wildman–Crippen LogP) is 1.34. The molecule has 1 atom stereocenters. The summed E-state index contributed by atoms with van der Waals surface area (Å²) in [5.74, 6) is -0.0110. The van der Waals surface area contributed by atoms with E-state index in [1.807, 2.05) is 30.9 Å². The fraction of sp³-hybridized carbons (Fsp3) is 0.579. The lowest BCUT2D eigenvalue weighted by molar-refractivity contribution is 0.0774. The molecule has 26 heavy (non-hydrogen) atoms. The first-order chi connectivity index (χ1) is 12.5.